The number of alkyl halides is 6. The van der Waals surface area contributed by atoms with Gasteiger partial charge >= 0.3 is 18.4 Å². The number of nitro groups is 1. The summed E-state index contributed by atoms with van der Waals surface area (Å²) < 4.78 is 84.8. The number of hydrogen-bond donors (Lipinski definition) is 1. The first kappa shape index (κ1) is 22.3. The smallest absolute Gasteiger partial charge is 0.422 e. The van der Waals surface area contributed by atoms with Gasteiger partial charge in [-0.05, 0) is 20.8 Å². The molecule has 0 aliphatic carbocycles. The predicted molar refractivity (Wildman–Crippen MR) is 79.5 cm³/mol. The summed E-state index contributed by atoms with van der Waals surface area (Å²) in [4.78, 5) is 21.5. The predicted octanol–water partition coefficient (Wildman–Crippen LogP) is 4.90. The van der Waals surface area contributed by atoms with Gasteiger partial charge in [-0.2, -0.15) is 26.3 Å². The standard InChI is InChI=1S/C14H14F6N2O5/c1-12(2,3)27-11(23)21-8-5-10(26-6-13(15,16)17)7(14(18,19)20)4-9(8)22(24)25/h4-5H,6H2,1-3H3,(H,21,23). The Balaban J connectivity index is 3.39. The van der Waals surface area contributed by atoms with E-state index in [1.165, 1.54) is 20.8 Å². The fourth-order valence-corrected chi connectivity index (χ4v) is 1.73. The number of nitro benzene ring substituents is 1. The van der Waals surface area contributed by atoms with Crippen LogP contribution in [0.3, 0.4) is 0 Å². The lowest BCUT2D eigenvalue weighted by Crippen LogP contribution is -2.27. The second-order valence-corrected chi connectivity index (χ2v) is 6.15. The van der Waals surface area contributed by atoms with Gasteiger partial charge in [0.15, 0.2) is 6.61 Å². The third-order valence-electron chi connectivity index (χ3n) is 2.63. The second-order valence-electron chi connectivity index (χ2n) is 6.15. The van der Waals surface area contributed by atoms with E-state index in [1.54, 1.807) is 0 Å². The number of carbonyl (C=O) groups is 1. The van der Waals surface area contributed by atoms with Crippen molar-refractivity contribution in [2.24, 2.45) is 0 Å². The van der Waals surface area contributed by atoms with Crippen LogP contribution < -0.4 is 10.1 Å². The lowest BCUT2D eigenvalue weighted by molar-refractivity contribution is -0.384. The SMILES string of the molecule is CC(C)(C)OC(=O)Nc1cc(OCC(F)(F)F)c(C(F)(F)F)cc1[N+](=O)[O-]. The van der Waals surface area contributed by atoms with E-state index in [2.05, 4.69) is 4.74 Å². The Bertz CT molecular complexity index is 724. The van der Waals surface area contributed by atoms with Crippen molar-refractivity contribution in [1.29, 1.82) is 0 Å². The maximum Gasteiger partial charge on any atom is 0.422 e. The first-order valence-electron chi connectivity index (χ1n) is 7.09. The monoisotopic (exact) mass is 404 g/mol. The molecule has 152 valence electrons. The van der Waals surface area contributed by atoms with Gasteiger partial charge in [0.2, 0.25) is 0 Å². The van der Waals surface area contributed by atoms with Gasteiger partial charge in [-0.25, -0.2) is 4.79 Å². The Morgan fingerprint density at radius 3 is 2.11 bits per heavy atom. The zero-order valence-corrected chi connectivity index (χ0v) is 14.1. The highest BCUT2D eigenvalue weighted by atomic mass is 19.4. The molecule has 0 aliphatic heterocycles. The summed E-state index contributed by atoms with van der Waals surface area (Å²) in [5.74, 6) is -1.34. The van der Waals surface area contributed by atoms with Crippen LogP contribution >= 0.6 is 0 Å². The van der Waals surface area contributed by atoms with Crippen molar-refractivity contribution in [1.82, 2.24) is 0 Å². The van der Waals surface area contributed by atoms with E-state index in [-0.39, 0.29) is 12.1 Å². The molecule has 13 heteroatoms. The number of rotatable bonds is 4. The Labute approximate surface area is 148 Å². The van der Waals surface area contributed by atoms with E-state index >= 15 is 0 Å². The molecule has 0 spiro atoms. The fraction of sp³-hybridized carbons (Fsp3) is 0.500. The molecule has 0 saturated carbocycles. The normalized spacial score (nSPS) is 12.5. The van der Waals surface area contributed by atoms with Crippen LogP contribution in [0.5, 0.6) is 5.75 Å². The van der Waals surface area contributed by atoms with E-state index in [4.69, 9.17) is 4.74 Å². The van der Waals surface area contributed by atoms with Gasteiger partial charge in [0.05, 0.1) is 4.92 Å². The second kappa shape index (κ2) is 7.48. The molecule has 1 aromatic carbocycles. The fourth-order valence-electron chi connectivity index (χ4n) is 1.73. The number of hydrogen-bond acceptors (Lipinski definition) is 5. The van der Waals surface area contributed by atoms with Crippen LogP contribution in [0.25, 0.3) is 0 Å². The van der Waals surface area contributed by atoms with Gasteiger partial charge in [0, 0.05) is 12.1 Å². The molecular weight excluding hydrogens is 390 g/mol. The van der Waals surface area contributed by atoms with Crippen molar-refractivity contribution in [2.45, 2.75) is 38.7 Å². The number of benzene rings is 1. The number of anilines is 1. The topological polar surface area (TPSA) is 90.7 Å². The van der Waals surface area contributed by atoms with Crippen molar-refractivity contribution in [3.05, 3.63) is 27.8 Å². The molecule has 0 aromatic heterocycles. The van der Waals surface area contributed by atoms with Gasteiger partial charge in [0.25, 0.3) is 5.69 Å². The zero-order valence-electron chi connectivity index (χ0n) is 14.1. The average Bonchev–Trinajstić information content (AvgIpc) is 2.40. The lowest BCUT2D eigenvalue weighted by Gasteiger charge is -2.20. The molecule has 0 saturated heterocycles. The molecule has 0 fully saturated rings. The molecule has 1 rings (SSSR count). The minimum Gasteiger partial charge on any atom is -0.483 e. The lowest BCUT2D eigenvalue weighted by atomic mass is 10.1. The number of amides is 1. The summed E-state index contributed by atoms with van der Waals surface area (Å²) in [7, 11) is 0. The van der Waals surface area contributed by atoms with E-state index in [0.29, 0.717) is 0 Å². The third kappa shape index (κ3) is 7.19. The zero-order chi connectivity index (χ0) is 21.2. The van der Waals surface area contributed by atoms with Crippen molar-refractivity contribution in [2.75, 3.05) is 11.9 Å². The van der Waals surface area contributed by atoms with E-state index in [9.17, 15) is 41.3 Å². The number of nitrogens with zero attached hydrogens (tertiary/aromatic N) is 1. The van der Waals surface area contributed by atoms with E-state index in [0.717, 1.165) is 0 Å². The Hall–Kier alpha value is -2.73. The third-order valence-corrected chi connectivity index (χ3v) is 2.63. The van der Waals surface area contributed by atoms with Crippen molar-refractivity contribution in [3.8, 4) is 5.75 Å². The number of halogens is 6. The maximum absolute atomic E-state index is 13.0. The highest BCUT2D eigenvalue weighted by molar-refractivity contribution is 5.88. The summed E-state index contributed by atoms with van der Waals surface area (Å²) >= 11 is 0. The molecule has 1 aromatic rings. The summed E-state index contributed by atoms with van der Waals surface area (Å²) in [6.07, 6.45) is -11.5. The van der Waals surface area contributed by atoms with Gasteiger partial charge in [-0.3, -0.25) is 15.4 Å². The van der Waals surface area contributed by atoms with E-state index < -0.39 is 58.3 Å². The highest BCUT2D eigenvalue weighted by Crippen LogP contribution is 2.42. The van der Waals surface area contributed by atoms with Gasteiger partial charge in [-0.15, -0.1) is 0 Å². The van der Waals surface area contributed by atoms with Crippen molar-refractivity contribution in [3.63, 3.8) is 0 Å². The molecule has 1 amide bonds. The van der Waals surface area contributed by atoms with E-state index in [1.807, 2.05) is 5.32 Å². The number of ether oxygens (including phenoxy) is 2. The molecule has 1 N–H and O–H groups in total. The first-order valence-corrected chi connectivity index (χ1v) is 7.09. The Kier molecular flexibility index (Phi) is 6.18. The molecule has 0 heterocycles. The molecular formula is C14H14F6N2O5. The number of nitrogens with one attached hydrogen (secondary N) is 1. The van der Waals surface area contributed by atoms with Gasteiger partial charge in [0.1, 0.15) is 22.6 Å². The molecule has 7 nitrogen and oxygen atoms in total. The van der Waals surface area contributed by atoms with Crippen LogP contribution in [-0.4, -0.2) is 29.4 Å². The summed E-state index contributed by atoms with van der Waals surface area (Å²) in [5, 5.41) is 12.9. The molecule has 27 heavy (non-hydrogen) atoms. The minimum absolute atomic E-state index is 0.0294. The molecule has 0 atom stereocenters. The molecule has 0 radical (unpaired) electrons. The highest BCUT2D eigenvalue weighted by Gasteiger charge is 2.39. The van der Waals surface area contributed by atoms with Crippen LogP contribution in [0.4, 0.5) is 42.5 Å². The van der Waals surface area contributed by atoms with Crippen LogP contribution in [0.15, 0.2) is 12.1 Å². The van der Waals surface area contributed by atoms with Crippen molar-refractivity contribution < 1.29 is 45.5 Å². The average molecular weight is 404 g/mol. The van der Waals surface area contributed by atoms with Crippen LogP contribution in [-0.2, 0) is 10.9 Å². The number of carbonyl (C=O) groups excluding carboxylic acids is 1. The Morgan fingerprint density at radius 2 is 1.70 bits per heavy atom. The largest absolute Gasteiger partial charge is 0.483 e. The minimum atomic E-state index is -5.24. The van der Waals surface area contributed by atoms with Crippen LogP contribution in [0, 0.1) is 10.1 Å². The van der Waals surface area contributed by atoms with Crippen LogP contribution in [0.2, 0.25) is 0 Å². The summed E-state index contributed by atoms with van der Waals surface area (Å²) in [6, 6.07) is 0.259. The van der Waals surface area contributed by atoms with Gasteiger partial charge in [-0.1, -0.05) is 0 Å². The molecule has 0 unspecified atom stereocenters. The van der Waals surface area contributed by atoms with Gasteiger partial charge < -0.3 is 9.47 Å². The molecule has 0 bridgehead atoms. The maximum atomic E-state index is 13.0. The van der Waals surface area contributed by atoms with Crippen LogP contribution in [0.1, 0.15) is 26.3 Å². The Morgan fingerprint density at radius 1 is 1.15 bits per heavy atom. The first-order chi connectivity index (χ1) is 12.0. The molecule has 0 aliphatic rings. The summed E-state index contributed by atoms with van der Waals surface area (Å²) in [6.45, 7) is 2.28. The summed E-state index contributed by atoms with van der Waals surface area (Å²) in [5.41, 5.74) is -4.86. The quantitative estimate of drug-likeness (QED) is 0.438. The van der Waals surface area contributed by atoms with Crippen molar-refractivity contribution >= 4 is 17.5 Å².